The molecule has 18 heavy (non-hydrogen) atoms. The lowest BCUT2D eigenvalue weighted by Gasteiger charge is -2.20. The van der Waals surface area contributed by atoms with Crippen molar-refractivity contribution in [3.05, 3.63) is 40.9 Å². The minimum absolute atomic E-state index is 0.161. The Kier molecular flexibility index (Phi) is 4.96. The van der Waals surface area contributed by atoms with Gasteiger partial charge in [0.05, 0.1) is 12.4 Å². The second-order valence-electron chi connectivity index (χ2n) is 3.84. The summed E-state index contributed by atoms with van der Waals surface area (Å²) in [6, 6.07) is 7.27. The van der Waals surface area contributed by atoms with E-state index >= 15 is 0 Å². The smallest absolute Gasteiger partial charge is 0.236 e. The summed E-state index contributed by atoms with van der Waals surface area (Å²) < 4.78 is 5.56. The minimum Gasteiger partial charge on any atom is -0.494 e. The van der Waals surface area contributed by atoms with E-state index in [0.717, 1.165) is 12.2 Å². The molecule has 0 atom stereocenters. The summed E-state index contributed by atoms with van der Waals surface area (Å²) in [5.41, 5.74) is 0. The van der Waals surface area contributed by atoms with Crippen LogP contribution in [0.4, 0.5) is 0 Å². The number of nitrogens with zero attached hydrogens (tertiary/aromatic N) is 1. The van der Waals surface area contributed by atoms with Gasteiger partial charge in [-0.15, -0.1) is 11.8 Å². The molecule has 0 spiro atoms. The van der Waals surface area contributed by atoms with Gasteiger partial charge in [-0.3, -0.25) is 4.79 Å². The topological polar surface area (TPSA) is 29.5 Å². The summed E-state index contributed by atoms with van der Waals surface area (Å²) in [6.07, 6.45) is 2.64. The Balaban J connectivity index is 1.69. The monoisotopic (exact) mass is 283 g/mol. The van der Waals surface area contributed by atoms with Crippen molar-refractivity contribution in [1.82, 2.24) is 4.90 Å². The summed E-state index contributed by atoms with van der Waals surface area (Å²) in [7, 11) is 0. The Bertz CT molecular complexity index is 433. The Morgan fingerprint density at radius 3 is 2.83 bits per heavy atom. The van der Waals surface area contributed by atoms with Crippen molar-refractivity contribution in [1.29, 1.82) is 0 Å². The number of halogens is 1. The van der Waals surface area contributed by atoms with Crippen LogP contribution in [0.25, 0.3) is 0 Å². The molecule has 3 nitrogen and oxygen atoms in total. The largest absolute Gasteiger partial charge is 0.494 e. The molecular weight excluding hydrogens is 270 g/mol. The van der Waals surface area contributed by atoms with Crippen molar-refractivity contribution in [3.8, 4) is 5.75 Å². The molecule has 1 amide bonds. The van der Waals surface area contributed by atoms with Gasteiger partial charge in [0.2, 0.25) is 5.91 Å². The molecule has 1 aliphatic heterocycles. The SMILES string of the molecule is O=C1CSC=CN1CCCOc1ccc(Cl)cc1. The lowest BCUT2D eigenvalue weighted by Crippen LogP contribution is -2.30. The summed E-state index contributed by atoms with van der Waals surface area (Å²) >= 11 is 7.31. The minimum atomic E-state index is 0.161. The van der Waals surface area contributed by atoms with E-state index in [1.807, 2.05) is 23.7 Å². The maximum absolute atomic E-state index is 11.5. The van der Waals surface area contributed by atoms with Crippen LogP contribution >= 0.6 is 23.4 Å². The van der Waals surface area contributed by atoms with Gasteiger partial charge in [-0.25, -0.2) is 0 Å². The van der Waals surface area contributed by atoms with Crippen LogP contribution in [0, 0.1) is 0 Å². The third kappa shape index (κ3) is 3.96. The predicted octanol–water partition coefficient (Wildman–Crippen LogP) is 3.16. The Hall–Kier alpha value is -1.13. The predicted molar refractivity (Wildman–Crippen MR) is 74.9 cm³/mol. The molecule has 2 rings (SSSR count). The number of benzene rings is 1. The molecule has 0 radical (unpaired) electrons. The van der Waals surface area contributed by atoms with Crippen LogP contribution in [0.3, 0.4) is 0 Å². The summed E-state index contributed by atoms with van der Waals surface area (Å²) in [5, 5.41) is 2.64. The van der Waals surface area contributed by atoms with Gasteiger partial charge in [0.1, 0.15) is 5.75 Å². The summed E-state index contributed by atoms with van der Waals surface area (Å²) in [4.78, 5) is 13.2. The fraction of sp³-hybridized carbons (Fsp3) is 0.308. The molecule has 0 aliphatic carbocycles. The molecule has 0 saturated heterocycles. The zero-order valence-corrected chi connectivity index (χ0v) is 11.4. The number of carbonyl (C=O) groups excluding carboxylic acids is 1. The van der Waals surface area contributed by atoms with Crippen LogP contribution in [-0.4, -0.2) is 29.7 Å². The van der Waals surface area contributed by atoms with Crippen molar-refractivity contribution >= 4 is 29.3 Å². The van der Waals surface area contributed by atoms with Gasteiger partial charge >= 0.3 is 0 Å². The molecule has 1 aromatic carbocycles. The lowest BCUT2D eigenvalue weighted by molar-refractivity contribution is -0.126. The van der Waals surface area contributed by atoms with E-state index in [1.54, 1.807) is 17.0 Å². The van der Waals surface area contributed by atoms with E-state index in [9.17, 15) is 4.79 Å². The molecule has 0 saturated carbocycles. The molecule has 0 fully saturated rings. The zero-order valence-electron chi connectivity index (χ0n) is 9.84. The molecule has 96 valence electrons. The van der Waals surface area contributed by atoms with E-state index < -0.39 is 0 Å². The highest BCUT2D eigenvalue weighted by molar-refractivity contribution is 8.02. The number of ether oxygens (including phenoxy) is 1. The third-order valence-corrected chi connectivity index (χ3v) is 3.47. The van der Waals surface area contributed by atoms with Gasteiger partial charge in [-0.1, -0.05) is 11.6 Å². The number of hydrogen-bond donors (Lipinski definition) is 0. The van der Waals surface area contributed by atoms with Gasteiger partial charge in [-0.05, 0) is 36.1 Å². The van der Waals surface area contributed by atoms with E-state index in [2.05, 4.69) is 0 Å². The van der Waals surface area contributed by atoms with E-state index in [-0.39, 0.29) is 5.91 Å². The summed E-state index contributed by atoms with van der Waals surface area (Å²) in [5.74, 6) is 1.50. The number of hydrogen-bond acceptors (Lipinski definition) is 3. The maximum Gasteiger partial charge on any atom is 0.236 e. The first-order valence-electron chi connectivity index (χ1n) is 5.72. The fourth-order valence-electron chi connectivity index (χ4n) is 1.56. The lowest BCUT2D eigenvalue weighted by atomic mass is 10.3. The van der Waals surface area contributed by atoms with Crippen molar-refractivity contribution < 1.29 is 9.53 Å². The van der Waals surface area contributed by atoms with Gasteiger partial charge in [0, 0.05) is 17.8 Å². The molecule has 0 aromatic heterocycles. The maximum atomic E-state index is 11.5. The molecule has 1 heterocycles. The van der Waals surface area contributed by atoms with Crippen LogP contribution in [0.15, 0.2) is 35.9 Å². The van der Waals surface area contributed by atoms with E-state index in [4.69, 9.17) is 16.3 Å². The number of carbonyl (C=O) groups is 1. The van der Waals surface area contributed by atoms with Crippen LogP contribution < -0.4 is 4.74 Å². The molecule has 0 bridgehead atoms. The number of thioether (sulfide) groups is 1. The molecule has 5 heteroatoms. The fourth-order valence-corrected chi connectivity index (χ4v) is 2.32. The Labute approximate surface area is 116 Å². The second-order valence-corrected chi connectivity index (χ2v) is 5.17. The quantitative estimate of drug-likeness (QED) is 0.778. The first-order chi connectivity index (χ1) is 8.75. The number of amides is 1. The molecular formula is C13H14ClNO2S. The van der Waals surface area contributed by atoms with Gasteiger partial charge < -0.3 is 9.64 Å². The molecule has 0 N–H and O–H groups in total. The van der Waals surface area contributed by atoms with Crippen LogP contribution in [0.1, 0.15) is 6.42 Å². The van der Waals surface area contributed by atoms with Crippen molar-refractivity contribution in [2.75, 3.05) is 18.9 Å². The van der Waals surface area contributed by atoms with Crippen molar-refractivity contribution in [3.63, 3.8) is 0 Å². The van der Waals surface area contributed by atoms with Crippen molar-refractivity contribution in [2.24, 2.45) is 0 Å². The highest BCUT2D eigenvalue weighted by atomic mass is 35.5. The summed E-state index contributed by atoms with van der Waals surface area (Å²) in [6.45, 7) is 1.29. The second kappa shape index (κ2) is 6.71. The van der Waals surface area contributed by atoms with Crippen LogP contribution in [0.5, 0.6) is 5.75 Å². The van der Waals surface area contributed by atoms with Gasteiger partial charge in [0.15, 0.2) is 0 Å². The van der Waals surface area contributed by atoms with E-state index in [1.165, 1.54) is 11.8 Å². The Morgan fingerprint density at radius 1 is 1.33 bits per heavy atom. The highest BCUT2D eigenvalue weighted by Gasteiger charge is 2.13. The normalized spacial score (nSPS) is 14.9. The average molecular weight is 284 g/mol. The van der Waals surface area contributed by atoms with Crippen LogP contribution in [-0.2, 0) is 4.79 Å². The third-order valence-electron chi connectivity index (χ3n) is 2.49. The van der Waals surface area contributed by atoms with E-state index in [0.29, 0.717) is 23.9 Å². The van der Waals surface area contributed by atoms with Gasteiger partial charge in [0.25, 0.3) is 0 Å². The number of rotatable bonds is 5. The molecule has 1 aromatic rings. The average Bonchev–Trinajstić information content (AvgIpc) is 2.39. The first-order valence-corrected chi connectivity index (χ1v) is 7.14. The van der Waals surface area contributed by atoms with Crippen LogP contribution in [0.2, 0.25) is 5.02 Å². The first kappa shape index (κ1) is 13.3. The van der Waals surface area contributed by atoms with Crippen molar-refractivity contribution in [2.45, 2.75) is 6.42 Å². The Morgan fingerprint density at radius 2 is 2.11 bits per heavy atom. The highest BCUT2D eigenvalue weighted by Crippen LogP contribution is 2.16. The standard InChI is InChI=1S/C13H14ClNO2S/c14-11-2-4-12(5-3-11)17-8-1-6-15-7-9-18-10-13(15)16/h2-5,7,9H,1,6,8,10H2. The van der Waals surface area contributed by atoms with Gasteiger partial charge in [-0.2, -0.15) is 0 Å². The zero-order chi connectivity index (χ0) is 12.8. The molecule has 1 aliphatic rings. The molecule has 0 unspecified atom stereocenters.